The molecule has 1 aromatic carbocycles. The minimum Gasteiger partial charge on any atom is -0.494 e. The average molecular weight is 265 g/mol. The normalized spacial score (nSPS) is 12.3. The van der Waals surface area contributed by atoms with Crippen LogP contribution in [0.5, 0.6) is 5.75 Å². The molecule has 1 rings (SSSR count). The second kappa shape index (κ2) is 6.19. The van der Waals surface area contributed by atoms with Gasteiger partial charge in [-0.1, -0.05) is 19.1 Å². The van der Waals surface area contributed by atoms with Gasteiger partial charge < -0.3 is 10.5 Å². The van der Waals surface area contributed by atoms with Crippen molar-refractivity contribution in [1.82, 2.24) is 0 Å². The Balaban J connectivity index is 3.14. The minimum atomic E-state index is 0.231. The molecule has 0 aliphatic heterocycles. The number of rotatable bonds is 5. The predicted molar refractivity (Wildman–Crippen MR) is 81.5 cm³/mol. The molecule has 0 spiro atoms. The molecule has 3 heteroatoms. The highest BCUT2D eigenvalue weighted by molar-refractivity contribution is 7.80. The molecular weight excluding hydrogens is 242 g/mol. The summed E-state index contributed by atoms with van der Waals surface area (Å²) >= 11 is 5.06. The third kappa shape index (κ3) is 3.22. The summed E-state index contributed by atoms with van der Waals surface area (Å²) in [7, 11) is 0. The maximum absolute atomic E-state index is 5.71. The summed E-state index contributed by atoms with van der Waals surface area (Å²) in [6.07, 6.45) is 0.903. The van der Waals surface area contributed by atoms with Crippen molar-refractivity contribution in [3.05, 3.63) is 28.3 Å². The zero-order valence-electron chi connectivity index (χ0n) is 12.0. The standard InChI is InChI=1S/C15H23NOS/c1-6-17-14-8-9(2)13(11(4)12(14)5)7-10(3)15(16)18/h8,10H,6-7H2,1-5H3,(H2,16,18). The summed E-state index contributed by atoms with van der Waals surface area (Å²) in [5.74, 6) is 1.22. The molecule has 0 fully saturated rings. The van der Waals surface area contributed by atoms with Crippen molar-refractivity contribution < 1.29 is 4.74 Å². The van der Waals surface area contributed by atoms with E-state index in [1.807, 2.05) is 6.92 Å². The first-order valence-electron chi connectivity index (χ1n) is 6.40. The van der Waals surface area contributed by atoms with Gasteiger partial charge in [0, 0.05) is 5.92 Å². The van der Waals surface area contributed by atoms with Crippen LogP contribution in [0.15, 0.2) is 6.07 Å². The van der Waals surface area contributed by atoms with Crippen LogP contribution in [-0.2, 0) is 6.42 Å². The van der Waals surface area contributed by atoms with Crippen molar-refractivity contribution in [1.29, 1.82) is 0 Å². The molecule has 1 unspecified atom stereocenters. The van der Waals surface area contributed by atoms with E-state index in [4.69, 9.17) is 22.7 Å². The highest BCUT2D eigenvalue weighted by Crippen LogP contribution is 2.29. The largest absolute Gasteiger partial charge is 0.494 e. The maximum Gasteiger partial charge on any atom is 0.122 e. The molecule has 0 aliphatic carbocycles. The van der Waals surface area contributed by atoms with Crippen LogP contribution >= 0.6 is 12.2 Å². The lowest BCUT2D eigenvalue weighted by Gasteiger charge is -2.19. The van der Waals surface area contributed by atoms with Gasteiger partial charge in [-0.05, 0) is 62.4 Å². The van der Waals surface area contributed by atoms with Crippen LogP contribution in [0.25, 0.3) is 0 Å². The Morgan fingerprint density at radius 3 is 2.44 bits per heavy atom. The molecule has 0 saturated heterocycles. The van der Waals surface area contributed by atoms with Gasteiger partial charge in [-0.3, -0.25) is 0 Å². The number of ether oxygens (including phenoxy) is 1. The average Bonchev–Trinajstić information content (AvgIpc) is 2.31. The number of thiocarbonyl (C=S) groups is 1. The third-order valence-corrected chi connectivity index (χ3v) is 3.91. The number of benzene rings is 1. The van der Waals surface area contributed by atoms with Gasteiger partial charge >= 0.3 is 0 Å². The van der Waals surface area contributed by atoms with Gasteiger partial charge in [0.25, 0.3) is 0 Å². The van der Waals surface area contributed by atoms with Crippen LogP contribution in [0.4, 0.5) is 0 Å². The van der Waals surface area contributed by atoms with Crippen molar-refractivity contribution >= 4 is 17.2 Å². The Labute approximate surface area is 116 Å². The topological polar surface area (TPSA) is 35.2 Å². The van der Waals surface area contributed by atoms with Crippen LogP contribution in [0.1, 0.15) is 36.1 Å². The highest BCUT2D eigenvalue weighted by Gasteiger charge is 2.14. The quantitative estimate of drug-likeness (QED) is 0.828. The van der Waals surface area contributed by atoms with Crippen molar-refractivity contribution in [2.75, 3.05) is 6.61 Å². The summed E-state index contributed by atoms with van der Waals surface area (Å²) < 4.78 is 5.66. The van der Waals surface area contributed by atoms with Gasteiger partial charge in [-0.15, -0.1) is 0 Å². The molecule has 0 aliphatic rings. The van der Waals surface area contributed by atoms with E-state index in [2.05, 4.69) is 33.8 Å². The smallest absolute Gasteiger partial charge is 0.122 e. The minimum absolute atomic E-state index is 0.231. The molecule has 100 valence electrons. The van der Waals surface area contributed by atoms with E-state index < -0.39 is 0 Å². The Bertz CT molecular complexity index is 454. The molecule has 0 heterocycles. The molecular formula is C15H23NOS. The van der Waals surface area contributed by atoms with E-state index in [0.717, 1.165) is 12.2 Å². The maximum atomic E-state index is 5.71. The lowest BCUT2D eigenvalue weighted by Crippen LogP contribution is -2.21. The van der Waals surface area contributed by atoms with Crippen LogP contribution in [0.2, 0.25) is 0 Å². The van der Waals surface area contributed by atoms with Crippen LogP contribution in [-0.4, -0.2) is 11.6 Å². The Morgan fingerprint density at radius 1 is 1.33 bits per heavy atom. The molecule has 0 radical (unpaired) electrons. The zero-order valence-corrected chi connectivity index (χ0v) is 12.8. The SMILES string of the molecule is CCOc1cc(C)c(CC(C)C(N)=S)c(C)c1C. The monoisotopic (exact) mass is 265 g/mol. The fraction of sp³-hybridized carbons (Fsp3) is 0.533. The molecule has 0 amide bonds. The van der Waals surface area contributed by atoms with E-state index in [0.29, 0.717) is 11.6 Å². The van der Waals surface area contributed by atoms with Crippen LogP contribution in [0, 0.1) is 26.7 Å². The molecule has 0 aromatic heterocycles. The summed E-state index contributed by atoms with van der Waals surface area (Å²) in [4.78, 5) is 0.584. The predicted octanol–water partition coefficient (Wildman–Crippen LogP) is 3.48. The van der Waals surface area contributed by atoms with Gasteiger partial charge in [0.2, 0.25) is 0 Å². The number of hydrogen-bond acceptors (Lipinski definition) is 2. The fourth-order valence-corrected chi connectivity index (χ4v) is 2.21. The lowest BCUT2D eigenvalue weighted by atomic mass is 9.90. The molecule has 2 N–H and O–H groups in total. The zero-order chi connectivity index (χ0) is 13.9. The Morgan fingerprint density at radius 2 is 1.94 bits per heavy atom. The molecule has 1 atom stereocenters. The van der Waals surface area contributed by atoms with Crippen molar-refractivity contribution in [3.8, 4) is 5.75 Å². The second-order valence-electron chi connectivity index (χ2n) is 4.86. The molecule has 0 bridgehead atoms. The highest BCUT2D eigenvalue weighted by atomic mass is 32.1. The van der Waals surface area contributed by atoms with Gasteiger partial charge in [0.05, 0.1) is 11.6 Å². The molecule has 18 heavy (non-hydrogen) atoms. The fourth-order valence-electron chi connectivity index (χ4n) is 2.13. The van der Waals surface area contributed by atoms with Crippen molar-refractivity contribution in [2.24, 2.45) is 11.7 Å². The van der Waals surface area contributed by atoms with E-state index in [1.165, 1.54) is 22.3 Å². The van der Waals surface area contributed by atoms with E-state index in [1.54, 1.807) is 0 Å². The summed E-state index contributed by atoms with van der Waals surface area (Å²) in [5, 5.41) is 0. The van der Waals surface area contributed by atoms with Crippen LogP contribution < -0.4 is 10.5 Å². The number of aryl methyl sites for hydroxylation is 1. The van der Waals surface area contributed by atoms with E-state index in [9.17, 15) is 0 Å². The Kier molecular flexibility index (Phi) is 5.15. The number of hydrogen-bond donors (Lipinski definition) is 1. The first-order chi connectivity index (χ1) is 8.38. The number of nitrogens with two attached hydrogens (primary N) is 1. The third-order valence-electron chi connectivity index (χ3n) is 3.50. The van der Waals surface area contributed by atoms with Crippen LogP contribution in [0.3, 0.4) is 0 Å². The van der Waals surface area contributed by atoms with Gasteiger partial charge in [0.1, 0.15) is 5.75 Å². The molecule has 2 nitrogen and oxygen atoms in total. The first kappa shape index (κ1) is 15.0. The molecule has 1 aromatic rings. The van der Waals surface area contributed by atoms with Crippen molar-refractivity contribution in [2.45, 2.75) is 41.0 Å². The summed E-state index contributed by atoms with van der Waals surface area (Å²) in [6.45, 7) is 11.2. The second-order valence-corrected chi connectivity index (χ2v) is 5.33. The van der Waals surface area contributed by atoms with Gasteiger partial charge in [-0.2, -0.15) is 0 Å². The Hall–Kier alpha value is -1.09. The van der Waals surface area contributed by atoms with E-state index in [-0.39, 0.29) is 5.92 Å². The van der Waals surface area contributed by atoms with E-state index >= 15 is 0 Å². The first-order valence-corrected chi connectivity index (χ1v) is 6.81. The molecule has 0 saturated carbocycles. The summed E-state index contributed by atoms with van der Waals surface area (Å²) in [6, 6.07) is 2.12. The lowest BCUT2D eigenvalue weighted by molar-refractivity contribution is 0.337. The summed E-state index contributed by atoms with van der Waals surface area (Å²) in [5.41, 5.74) is 10.8. The van der Waals surface area contributed by atoms with Gasteiger partial charge in [0.15, 0.2) is 0 Å². The van der Waals surface area contributed by atoms with Gasteiger partial charge in [-0.25, -0.2) is 0 Å². The van der Waals surface area contributed by atoms with Crippen molar-refractivity contribution in [3.63, 3.8) is 0 Å².